The van der Waals surface area contributed by atoms with Gasteiger partial charge < -0.3 is 10.6 Å². The van der Waals surface area contributed by atoms with Gasteiger partial charge in [-0.3, -0.25) is 0 Å². The first-order chi connectivity index (χ1) is 9.15. The fourth-order valence-corrected chi connectivity index (χ4v) is 3.14. The number of nitrogen functional groups attached to an aromatic ring is 1. The number of nitrogens with zero attached hydrogens (tertiary/aromatic N) is 1. The first-order valence-electron chi connectivity index (χ1n) is 7.46. The van der Waals surface area contributed by atoms with Gasteiger partial charge in [-0.25, -0.2) is 4.39 Å². The van der Waals surface area contributed by atoms with Gasteiger partial charge in [0, 0.05) is 6.04 Å². The molecule has 0 saturated carbocycles. The molecule has 0 saturated heterocycles. The zero-order valence-electron chi connectivity index (χ0n) is 12.1. The van der Waals surface area contributed by atoms with Crippen LogP contribution in [0.4, 0.5) is 10.1 Å². The summed E-state index contributed by atoms with van der Waals surface area (Å²) in [4.78, 5) is 2.59. The number of anilines is 1. The van der Waals surface area contributed by atoms with E-state index < -0.39 is 0 Å². The maximum absolute atomic E-state index is 13.5. The lowest BCUT2D eigenvalue weighted by molar-refractivity contribution is 0.180. The Bertz CT molecular complexity index is 425. The minimum Gasteiger partial charge on any atom is -0.396 e. The molecule has 0 aliphatic heterocycles. The van der Waals surface area contributed by atoms with Crippen LogP contribution < -0.4 is 5.73 Å². The zero-order chi connectivity index (χ0) is 13.8. The van der Waals surface area contributed by atoms with Crippen LogP contribution in [-0.2, 0) is 12.8 Å². The number of benzene rings is 1. The number of halogens is 1. The van der Waals surface area contributed by atoms with E-state index in [0.29, 0.717) is 6.04 Å². The molecule has 0 amide bonds. The van der Waals surface area contributed by atoms with Crippen molar-refractivity contribution in [2.45, 2.75) is 52.0 Å². The molecule has 0 bridgehead atoms. The zero-order valence-corrected chi connectivity index (χ0v) is 12.1. The Labute approximate surface area is 115 Å². The Kier molecular flexibility index (Phi) is 4.81. The third-order valence-corrected chi connectivity index (χ3v) is 4.06. The molecule has 0 unspecified atom stereocenters. The van der Waals surface area contributed by atoms with Gasteiger partial charge in [-0.15, -0.1) is 0 Å². The molecule has 0 spiro atoms. The lowest BCUT2D eigenvalue weighted by Gasteiger charge is -2.35. The van der Waals surface area contributed by atoms with Crippen LogP contribution in [-0.4, -0.2) is 24.0 Å². The van der Waals surface area contributed by atoms with Gasteiger partial charge >= 0.3 is 0 Å². The van der Waals surface area contributed by atoms with Crippen molar-refractivity contribution < 1.29 is 4.39 Å². The summed E-state index contributed by atoms with van der Waals surface area (Å²) in [5, 5.41) is 0. The van der Waals surface area contributed by atoms with Crippen molar-refractivity contribution in [3.8, 4) is 0 Å². The third kappa shape index (κ3) is 3.27. The Morgan fingerprint density at radius 3 is 2.53 bits per heavy atom. The van der Waals surface area contributed by atoms with E-state index in [9.17, 15) is 4.39 Å². The maximum Gasteiger partial charge on any atom is 0.146 e. The van der Waals surface area contributed by atoms with Gasteiger partial charge in [0.05, 0.1) is 5.69 Å². The highest BCUT2D eigenvalue weighted by Crippen LogP contribution is 2.28. The van der Waals surface area contributed by atoms with Crippen LogP contribution in [0, 0.1) is 5.82 Å². The molecule has 1 aliphatic carbocycles. The molecule has 0 heterocycles. The number of aryl methyl sites for hydroxylation is 1. The van der Waals surface area contributed by atoms with E-state index >= 15 is 0 Å². The molecule has 2 nitrogen and oxygen atoms in total. The Morgan fingerprint density at radius 2 is 1.89 bits per heavy atom. The molecule has 1 aromatic carbocycles. The van der Waals surface area contributed by atoms with Crippen molar-refractivity contribution in [2.75, 3.05) is 18.8 Å². The highest BCUT2D eigenvalue weighted by Gasteiger charge is 2.24. The van der Waals surface area contributed by atoms with E-state index in [0.717, 1.165) is 37.9 Å². The molecule has 19 heavy (non-hydrogen) atoms. The average molecular weight is 264 g/mol. The van der Waals surface area contributed by atoms with Gasteiger partial charge in [0.1, 0.15) is 5.82 Å². The lowest BCUT2D eigenvalue weighted by Crippen LogP contribution is -2.40. The van der Waals surface area contributed by atoms with Gasteiger partial charge in [-0.1, -0.05) is 13.8 Å². The van der Waals surface area contributed by atoms with Crippen LogP contribution >= 0.6 is 0 Å². The number of nitrogens with two attached hydrogens (primary N) is 1. The summed E-state index contributed by atoms with van der Waals surface area (Å²) in [5.74, 6) is -0.267. The average Bonchev–Trinajstić information content (AvgIpc) is 2.39. The van der Waals surface area contributed by atoms with Gasteiger partial charge in [0.25, 0.3) is 0 Å². The van der Waals surface area contributed by atoms with Gasteiger partial charge in [0.15, 0.2) is 0 Å². The standard InChI is InChI=1S/C16H25FN2/c1-3-7-19(8-4-2)14-6-5-12-10-15(17)16(18)11-13(12)9-14/h10-11,14H,3-9,18H2,1-2H3/t14-/m0/s1. The summed E-state index contributed by atoms with van der Waals surface area (Å²) in [6.07, 6.45) is 5.50. The SMILES string of the molecule is CCCN(CCC)[C@H]1CCc2cc(F)c(N)cc2C1. The summed E-state index contributed by atoms with van der Waals surface area (Å²) < 4.78 is 13.5. The Balaban J connectivity index is 2.14. The van der Waals surface area contributed by atoms with E-state index in [-0.39, 0.29) is 11.5 Å². The van der Waals surface area contributed by atoms with Crippen LogP contribution in [0.3, 0.4) is 0 Å². The molecule has 1 atom stereocenters. The van der Waals surface area contributed by atoms with Crippen molar-refractivity contribution >= 4 is 5.69 Å². The van der Waals surface area contributed by atoms with Crippen molar-refractivity contribution in [3.05, 3.63) is 29.1 Å². The van der Waals surface area contributed by atoms with E-state index in [2.05, 4.69) is 18.7 Å². The lowest BCUT2D eigenvalue weighted by atomic mass is 9.87. The first-order valence-corrected chi connectivity index (χ1v) is 7.46. The van der Waals surface area contributed by atoms with Gasteiger partial charge in [0.2, 0.25) is 0 Å². The van der Waals surface area contributed by atoms with Crippen molar-refractivity contribution in [1.82, 2.24) is 4.90 Å². The molecule has 0 fully saturated rings. The fourth-order valence-electron chi connectivity index (χ4n) is 3.14. The monoisotopic (exact) mass is 264 g/mol. The molecule has 2 rings (SSSR count). The summed E-state index contributed by atoms with van der Waals surface area (Å²) in [6.45, 7) is 6.77. The predicted octanol–water partition coefficient (Wildman–Crippen LogP) is 3.39. The second-order valence-electron chi connectivity index (χ2n) is 5.58. The topological polar surface area (TPSA) is 29.3 Å². The minimum absolute atomic E-state index is 0.267. The van der Waals surface area contributed by atoms with Crippen LogP contribution in [0.15, 0.2) is 12.1 Å². The fraction of sp³-hybridized carbons (Fsp3) is 0.625. The molecular weight excluding hydrogens is 239 g/mol. The van der Waals surface area contributed by atoms with Crippen molar-refractivity contribution in [3.63, 3.8) is 0 Å². The second-order valence-corrected chi connectivity index (χ2v) is 5.58. The van der Waals surface area contributed by atoms with E-state index in [4.69, 9.17) is 5.73 Å². The van der Waals surface area contributed by atoms with Gasteiger partial charge in [-0.05, 0) is 68.5 Å². The maximum atomic E-state index is 13.5. The van der Waals surface area contributed by atoms with Crippen LogP contribution in [0.1, 0.15) is 44.2 Å². The molecular formula is C16H25FN2. The van der Waals surface area contributed by atoms with Crippen molar-refractivity contribution in [1.29, 1.82) is 0 Å². The smallest absolute Gasteiger partial charge is 0.146 e. The van der Waals surface area contributed by atoms with E-state index in [1.165, 1.54) is 18.4 Å². The molecule has 3 heteroatoms. The first kappa shape index (κ1) is 14.3. The summed E-state index contributed by atoms with van der Waals surface area (Å²) in [5.41, 5.74) is 8.37. The van der Waals surface area contributed by atoms with Gasteiger partial charge in [-0.2, -0.15) is 0 Å². The minimum atomic E-state index is -0.267. The van der Waals surface area contributed by atoms with Crippen molar-refractivity contribution in [2.24, 2.45) is 0 Å². The summed E-state index contributed by atoms with van der Waals surface area (Å²) in [6, 6.07) is 4.06. The predicted molar refractivity (Wildman–Crippen MR) is 78.8 cm³/mol. The molecule has 0 aromatic heterocycles. The van der Waals surface area contributed by atoms with Crippen LogP contribution in [0.2, 0.25) is 0 Å². The molecule has 0 radical (unpaired) electrons. The Morgan fingerprint density at radius 1 is 1.21 bits per heavy atom. The summed E-state index contributed by atoms with van der Waals surface area (Å²) >= 11 is 0. The number of rotatable bonds is 5. The quantitative estimate of drug-likeness (QED) is 0.826. The number of hydrogen-bond acceptors (Lipinski definition) is 2. The second kappa shape index (κ2) is 6.38. The highest BCUT2D eigenvalue weighted by molar-refractivity contribution is 5.47. The largest absolute Gasteiger partial charge is 0.396 e. The number of hydrogen-bond donors (Lipinski definition) is 1. The Hall–Kier alpha value is -1.09. The molecule has 106 valence electrons. The molecule has 1 aromatic rings. The highest BCUT2D eigenvalue weighted by atomic mass is 19.1. The van der Waals surface area contributed by atoms with Crippen LogP contribution in [0.5, 0.6) is 0 Å². The van der Waals surface area contributed by atoms with E-state index in [1.54, 1.807) is 6.07 Å². The normalized spacial score (nSPS) is 18.6. The van der Waals surface area contributed by atoms with Crippen LogP contribution in [0.25, 0.3) is 0 Å². The third-order valence-electron chi connectivity index (χ3n) is 4.06. The molecule has 2 N–H and O–H groups in total. The summed E-state index contributed by atoms with van der Waals surface area (Å²) in [7, 11) is 0. The molecule has 1 aliphatic rings. The number of fused-ring (bicyclic) bond motifs is 1. The van der Waals surface area contributed by atoms with E-state index in [1.807, 2.05) is 6.07 Å².